The van der Waals surface area contributed by atoms with Gasteiger partial charge in [0.1, 0.15) is 0 Å². The summed E-state index contributed by atoms with van der Waals surface area (Å²) in [5.74, 6) is 0.860. The first-order valence-corrected chi connectivity index (χ1v) is 7.30. The van der Waals surface area contributed by atoms with E-state index in [0.717, 1.165) is 45.1 Å². The minimum Gasteiger partial charge on any atom is -0.389 e. The van der Waals surface area contributed by atoms with E-state index in [4.69, 9.17) is 9.47 Å². The van der Waals surface area contributed by atoms with Gasteiger partial charge in [-0.2, -0.15) is 0 Å². The van der Waals surface area contributed by atoms with E-state index in [1.54, 1.807) is 0 Å². The predicted octanol–water partition coefficient (Wildman–Crippen LogP) is 1.27. The van der Waals surface area contributed by atoms with E-state index in [1.165, 1.54) is 19.3 Å². The number of aliphatic hydroxyl groups is 1. The molecule has 0 radical (unpaired) electrons. The van der Waals surface area contributed by atoms with E-state index in [-0.39, 0.29) is 12.2 Å². The van der Waals surface area contributed by atoms with Gasteiger partial charge >= 0.3 is 0 Å². The second kappa shape index (κ2) is 7.43. The van der Waals surface area contributed by atoms with Crippen LogP contribution in [0.2, 0.25) is 0 Å². The lowest BCUT2D eigenvalue weighted by Gasteiger charge is -2.31. The molecule has 1 saturated carbocycles. The molecule has 0 aromatic carbocycles. The highest BCUT2D eigenvalue weighted by Gasteiger charge is 2.21. The number of hydrogen-bond donors (Lipinski definition) is 1. The van der Waals surface area contributed by atoms with Crippen molar-refractivity contribution >= 4 is 0 Å². The van der Waals surface area contributed by atoms with Crippen molar-refractivity contribution in [3.63, 3.8) is 0 Å². The standard InChI is InChI=1S/C14H27NO3/c1-15(9-12-3-2-4-12)10-13(16)11-18-14-5-7-17-8-6-14/h12-14,16H,2-11H2,1H3. The Labute approximate surface area is 110 Å². The van der Waals surface area contributed by atoms with Crippen LogP contribution in [-0.2, 0) is 9.47 Å². The molecule has 0 amide bonds. The molecule has 1 aliphatic heterocycles. The van der Waals surface area contributed by atoms with Gasteiger partial charge in [0.15, 0.2) is 0 Å². The quantitative estimate of drug-likeness (QED) is 0.746. The lowest BCUT2D eigenvalue weighted by molar-refractivity contribution is -0.0638. The van der Waals surface area contributed by atoms with Gasteiger partial charge in [0.05, 0.1) is 18.8 Å². The normalized spacial score (nSPS) is 24.2. The van der Waals surface area contributed by atoms with E-state index in [0.29, 0.717) is 6.61 Å². The number of nitrogens with zero attached hydrogens (tertiary/aromatic N) is 1. The monoisotopic (exact) mass is 257 g/mol. The van der Waals surface area contributed by atoms with Crippen LogP contribution in [0.3, 0.4) is 0 Å². The summed E-state index contributed by atoms with van der Waals surface area (Å²) in [6.45, 7) is 3.89. The molecule has 1 atom stereocenters. The highest BCUT2D eigenvalue weighted by Crippen LogP contribution is 2.26. The van der Waals surface area contributed by atoms with E-state index < -0.39 is 0 Å². The van der Waals surface area contributed by atoms with Crippen molar-refractivity contribution < 1.29 is 14.6 Å². The molecule has 1 unspecified atom stereocenters. The third-order valence-corrected chi connectivity index (χ3v) is 4.01. The SMILES string of the molecule is CN(CC(O)COC1CCOCC1)CC1CCC1. The average molecular weight is 257 g/mol. The minimum absolute atomic E-state index is 0.283. The lowest BCUT2D eigenvalue weighted by atomic mass is 9.85. The number of likely N-dealkylation sites (N-methyl/N-ethyl adjacent to an activating group) is 1. The molecule has 4 heteroatoms. The Morgan fingerprint density at radius 2 is 2.00 bits per heavy atom. The summed E-state index contributed by atoms with van der Waals surface area (Å²) in [6, 6.07) is 0. The second-order valence-corrected chi connectivity index (χ2v) is 5.82. The predicted molar refractivity (Wildman–Crippen MR) is 70.6 cm³/mol. The van der Waals surface area contributed by atoms with Crippen molar-refractivity contribution in [3.8, 4) is 0 Å². The fourth-order valence-corrected chi connectivity index (χ4v) is 2.69. The Bertz CT molecular complexity index is 227. The van der Waals surface area contributed by atoms with Crippen LogP contribution in [-0.4, -0.2) is 62.2 Å². The molecule has 1 saturated heterocycles. The number of aliphatic hydroxyl groups excluding tert-OH is 1. The van der Waals surface area contributed by atoms with Gasteiger partial charge in [-0.15, -0.1) is 0 Å². The topological polar surface area (TPSA) is 41.9 Å². The molecule has 0 aromatic heterocycles. The van der Waals surface area contributed by atoms with Crippen molar-refractivity contribution in [2.75, 3.05) is 40.0 Å². The first-order chi connectivity index (χ1) is 8.74. The van der Waals surface area contributed by atoms with Crippen LogP contribution in [0.1, 0.15) is 32.1 Å². The molecule has 2 rings (SSSR count). The summed E-state index contributed by atoms with van der Waals surface area (Å²) >= 11 is 0. The summed E-state index contributed by atoms with van der Waals surface area (Å²) in [5.41, 5.74) is 0. The van der Waals surface area contributed by atoms with E-state index in [1.807, 2.05) is 0 Å². The van der Waals surface area contributed by atoms with Crippen LogP contribution < -0.4 is 0 Å². The molecule has 1 N–H and O–H groups in total. The molecule has 0 spiro atoms. The van der Waals surface area contributed by atoms with Gasteiger partial charge in [0, 0.05) is 26.3 Å². The van der Waals surface area contributed by atoms with Crippen molar-refractivity contribution in [1.82, 2.24) is 4.90 Å². The number of rotatable bonds is 7. The van der Waals surface area contributed by atoms with Gasteiger partial charge in [-0.3, -0.25) is 0 Å². The molecule has 1 heterocycles. The summed E-state index contributed by atoms with van der Waals surface area (Å²) in [5, 5.41) is 9.96. The first kappa shape index (κ1) is 14.3. The molecule has 18 heavy (non-hydrogen) atoms. The fraction of sp³-hybridized carbons (Fsp3) is 1.00. The smallest absolute Gasteiger partial charge is 0.0900 e. The lowest BCUT2D eigenvalue weighted by Crippen LogP contribution is -2.38. The van der Waals surface area contributed by atoms with Gasteiger partial charge in [0.25, 0.3) is 0 Å². The molecular formula is C14H27NO3. The third-order valence-electron chi connectivity index (χ3n) is 4.01. The Hall–Kier alpha value is -0.160. The number of ether oxygens (including phenoxy) is 2. The Balaban J connectivity index is 1.54. The van der Waals surface area contributed by atoms with E-state index in [2.05, 4.69) is 11.9 Å². The van der Waals surface area contributed by atoms with Crippen molar-refractivity contribution in [2.45, 2.75) is 44.3 Å². The van der Waals surface area contributed by atoms with Crippen LogP contribution in [0, 0.1) is 5.92 Å². The summed E-state index contributed by atoms with van der Waals surface area (Å²) < 4.78 is 11.0. The van der Waals surface area contributed by atoms with Crippen molar-refractivity contribution in [1.29, 1.82) is 0 Å². The summed E-state index contributed by atoms with van der Waals surface area (Å²) in [7, 11) is 2.09. The molecule has 1 aliphatic carbocycles. The maximum absolute atomic E-state index is 9.96. The third kappa shape index (κ3) is 4.84. The fourth-order valence-electron chi connectivity index (χ4n) is 2.69. The van der Waals surface area contributed by atoms with Crippen LogP contribution in [0.15, 0.2) is 0 Å². The average Bonchev–Trinajstić information content (AvgIpc) is 2.33. The van der Waals surface area contributed by atoms with Crippen LogP contribution in [0.5, 0.6) is 0 Å². The van der Waals surface area contributed by atoms with Gasteiger partial charge in [-0.05, 0) is 38.6 Å². The van der Waals surface area contributed by atoms with E-state index >= 15 is 0 Å². The van der Waals surface area contributed by atoms with Crippen LogP contribution in [0.25, 0.3) is 0 Å². The van der Waals surface area contributed by atoms with Gasteiger partial charge < -0.3 is 19.5 Å². The molecule has 4 nitrogen and oxygen atoms in total. The summed E-state index contributed by atoms with van der Waals surface area (Å²) in [4.78, 5) is 2.24. The number of hydrogen-bond acceptors (Lipinski definition) is 4. The Morgan fingerprint density at radius 3 is 2.61 bits per heavy atom. The van der Waals surface area contributed by atoms with Crippen molar-refractivity contribution in [2.24, 2.45) is 5.92 Å². The van der Waals surface area contributed by atoms with E-state index in [9.17, 15) is 5.11 Å². The maximum Gasteiger partial charge on any atom is 0.0900 e. The molecule has 106 valence electrons. The summed E-state index contributed by atoms with van der Waals surface area (Å²) in [6.07, 6.45) is 5.95. The van der Waals surface area contributed by atoms with Gasteiger partial charge in [-0.1, -0.05) is 6.42 Å². The Kier molecular flexibility index (Phi) is 5.89. The van der Waals surface area contributed by atoms with Crippen LogP contribution >= 0.6 is 0 Å². The van der Waals surface area contributed by atoms with Gasteiger partial charge in [-0.25, -0.2) is 0 Å². The molecule has 0 bridgehead atoms. The molecule has 0 aromatic rings. The minimum atomic E-state index is -0.363. The second-order valence-electron chi connectivity index (χ2n) is 5.82. The zero-order valence-corrected chi connectivity index (χ0v) is 11.5. The highest BCUT2D eigenvalue weighted by molar-refractivity contribution is 4.74. The molecule has 2 fully saturated rings. The first-order valence-electron chi connectivity index (χ1n) is 7.30. The molecule has 2 aliphatic rings. The Morgan fingerprint density at radius 1 is 1.28 bits per heavy atom. The van der Waals surface area contributed by atoms with Crippen LogP contribution in [0.4, 0.5) is 0 Å². The van der Waals surface area contributed by atoms with Crippen molar-refractivity contribution in [3.05, 3.63) is 0 Å². The molecular weight excluding hydrogens is 230 g/mol. The largest absolute Gasteiger partial charge is 0.389 e. The zero-order valence-electron chi connectivity index (χ0n) is 11.5. The van der Waals surface area contributed by atoms with Gasteiger partial charge in [0.2, 0.25) is 0 Å². The highest BCUT2D eigenvalue weighted by atomic mass is 16.5. The zero-order chi connectivity index (χ0) is 12.8. The maximum atomic E-state index is 9.96.